The lowest BCUT2D eigenvalue weighted by Crippen LogP contribution is -2.34. The molecule has 2 atom stereocenters. The van der Waals surface area contributed by atoms with Gasteiger partial charge >= 0.3 is 0 Å². The van der Waals surface area contributed by atoms with Gasteiger partial charge in [0.15, 0.2) is 11.9 Å². The Bertz CT molecular complexity index is 1250. The van der Waals surface area contributed by atoms with Crippen LogP contribution >= 0.6 is 0 Å². The van der Waals surface area contributed by atoms with Crippen LogP contribution in [-0.4, -0.2) is 50.6 Å². The number of nitrogens with zero attached hydrogens (tertiary/aromatic N) is 2. The molecule has 10 heteroatoms. The lowest BCUT2D eigenvalue weighted by molar-refractivity contribution is 0.102. The fraction of sp³-hybridized carbons (Fsp3) is 0.346. The van der Waals surface area contributed by atoms with Crippen LogP contribution < -0.4 is 20.7 Å². The quantitative estimate of drug-likeness (QED) is 0.341. The molecule has 9 nitrogen and oxygen atoms in total. The molecule has 0 saturated carbocycles. The van der Waals surface area contributed by atoms with Gasteiger partial charge in [-0.25, -0.2) is 9.97 Å². The third kappa shape index (κ3) is 6.45. The van der Waals surface area contributed by atoms with Crippen molar-refractivity contribution in [2.24, 2.45) is 0 Å². The van der Waals surface area contributed by atoms with Gasteiger partial charge in [0.2, 0.25) is 0 Å². The van der Waals surface area contributed by atoms with E-state index in [4.69, 9.17) is 4.74 Å². The van der Waals surface area contributed by atoms with Crippen LogP contribution in [0.15, 0.2) is 53.6 Å². The number of carbonyl (C=O) groups excluding carboxylic acids is 1. The molecule has 3 aromatic rings. The second-order valence-corrected chi connectivity index (χ2v) is 10.2. The third-order valence-electron chi connectivity index (χ3n) is 5.89. The zero-order valence-electron chi connectivity index (χ0n) is 20.6. The molecular formula is C26H31N5O4S. The van der Waals surface area contributed by atoms with Gasteiger partial charge in [-0.1, -0.05) is 6.07 Å². The van der Waals surface area contributed by atoms with Gasteiger partial charge in [-0.15, -0.1) is 0 Å². The molecule has 36 heavy (non-hydrogen) atoms. The van der Waals surface area contributed by atoms with Gasteiger partial charge in [0.1, 0.15) is 17.7 Å². The molecule has 2 unspecified atom stereocenters. The molecular weight excluding hydrogens is 478 g/mol. The number of aliphatic hydroxyl groups is 1. The Morgan fingerprint density at radius 3 is 2.64 bits per heavy atom. The van der Waals surface area contributed by atoms with E-state index in [1.165, 1.54) is 0 Å². The SMILES string of the molecule is Cc1ccc(NC(=O)c2nc(C)ccc2NC(O)c2ccc(S(C)=O)cc2OC2CCNCC2)nc1. The van der Waals surface area contributed by atoms with Crippen molar-refractivity contribution >= 4 is 28.2 Å². The predicted molar refractivity (Wildman–Crippen MR) is 140 cm³/mol. The lowest BCUT2D eigenvalue weighted by Gasteiger charge is -2.26. The Hall–Kier alpha value is -3.34. The van der Waals surface area contributed by atoms with Gasteiger partial charge in [-0.05, 0) is 81.7 Å². The normalized spacial score (nSPS) is 15.7. The summed E-state index contributed by atoms with van der Waals surface area (Å²) in [5.74, 6) is 0.415. The van der Waals surface area contributed by atoms with Crippen molar-refractivity contribution in [3.05, 3.63) is 71.2 Å². The van der Waals surface area contributed by atoms with Crippen molar-refractivity contribution in [1.82, 2.24) is 15.3 Å². The number of benzene rings is 1. The van der Waals surface area contributed by atoms with Crippen molar-refractivity contribution in [2.45, 2.75) is 43.9 Å². The molecule has 1 aromatic carbocycles. The largest absolute Gasteiger partial charge is 0.490 e. The number of aryl methyl sites for hydroxylation is 2. The van der Waals surface area contributed by atoms with Gasteiger partial charge in [-0.2, -0.15) is 0 Å². The van der Waals surface area contributed by atoms with Crippen molar-refractivity contribution < 1.29 is 18.8 Å². The Kier molecular flexibility index (Phi) is 8.29. The second-order valence-electron chi connectivity index (χ2n) is 8.79. The third-order valence-corrected chi connectivity index (χ3v) is 6.80. The highest BCUT2D eigenvalue weighted by atomic mass is 32.2. The first-order chi connectivity index (χ1) is 17.3. The number of carbonyl (C=O) groups is 1. The highest BCUT2D eigenvalue weighted by Gasteiger charge is 2.22. The van der Waals surface area contributed by atoms with Crippen LogP contribution in [0.3, 0.4) is 0 Å². The van der Waals surface area contributed by atoms with E-state index in [1.54, 1.807) is 55.8 Å². The maximum absolute atomic E-state index is 13.0. The molecule has 3 heterocycles. The molecule has 2 aromatic heterocycles. The minimum Gasteiger partial charge on any atom is -0.490 e. The van der Waals surface area contributed by atoms with Gasteiger partial charge < -0.3 is 25.8 Å². The van der Waals surface area contributed by atoms with Crippen molar-refractivity contribution in [2.75, 3.05) is 30.0 Å². The highest BCUT2D eigenvalue weighted by Crippen LogP contribution is 2.31. The summed E-state index contributed by atoms with van der Waals surface area (Å²) in [6.07, 6.45) is 3.73. The van der Waals surface area contributed by atoms with Crippen LogP contribution in [0.4, 0.5) is 11.5 Å². The molecule has 0 aliphatic carbocycles. The summed E-state index contributed by atoms with van der Waals surface area (Å²) in [5.41, 5.74) is 2.60. The van der Waals surface area contributed by atoms with Crippen LogP contribution in [0.1, 0.15) is 46.4 Å². The molecule has 1 aliphatic heterocycles. The van der Waals surface area contributed by atoms with Gasteiger partial charge in [0.25, 0.3) is 5.91 Å². The number of pyridine rings is 2. The number of rotatable bonds is 8. The van der Waals surface area contributed by atoms with Crippen molar-refractivity contribution in [1.29, 1.82) is 0 Å². The van der Waals surface area contributed by atoms with E-state index in [0.29, 0.717) is 33.4 Å². The van der Waals surface area contributed by atoms with Crippen molar-refractivity contribution in [3.8, 4) is 5.75 Å². The number of nitrogens with one attached hydrogen (secondary N) is 3. The minimum atomic E-state index is -1.20. The van der Waals surface area contributed by atoms with E-state index in [-0.39, 0.29) is 11.8 Å². The average molecular weight is 510 g/mol. The summed E-state index contributed by atoms with van der Waals surface area (Å²) in [5, 5.41) is 20.2. The van der Waals surface area contributed by atoms with Crippen LogP contribution in [0, 0.1) is 13.8 Å². The van der Waals surface area contributed by atoms with E-state index < -0.39 is 22.9 Å². The molecule has 4 rings (SSSR count). The van der Waals surface area contributed by atoms with Crippen LogP contribution in [-0.2, 0) is 10.8 Å². The molecule has 0 spiro atoms. The standard InChI is InChI=1S/C26H31N5O4S/c1-16-4-9-23(28-15-16)31-26(33)24-21(8-5-17(2)29-24)30-25(32)20-7-6-19(36(3)34)14-22(20)35-18-10-12-27-13-11-18/h4-9,14-15,18,25,27,30,32H,10-13H2,1-3H3,(H,28,31,33). The Balaban J connectivity index is 1.59. The first kappa shape index (κ1) is 25.7. The fourth-order valence-corrected chi connectivity index (χ4v) is 4.44. The average Bonchev–Trinajstić information content (AvgIpc) is 2.87. The zero-order chi connectivity index (χ0) is 25.7. The number of aliphatic hydroxyl groups excluding tert-OH is 1. The number of aromatic nitrogens is 2. The highest BCUT2D eigenvalue weighted by molar-refractivity contribution is 7.84. The molecule has 1 fully saturated rings. The molecule has 4 N–H and O–H groups in total. The summed E-state index contributed by atoms with van der Waals surface area (Å²) in [4.78, 5) is 22.3. The van der Waals surface area contributed by atoms with E-state index in [2.05, 4.69) is 25.9 Å². The number of hydrogen-bond acceptors (Lipinski definition) is 8. The van der Waals surface area contributed by atoms with Crippen LogP contribution in [0.5, 0.6) is 5.75 Å². The number of ether oxygens (including phenoxy) is 1. The van der Waals surface area contributed by atoms with Gasteiger partial charge in [0, 0.05) is 39.4 Å². The minimum absolute atomic E-state index is 0.0119. The predicted octanol–water partition coefficient (Wildman–Crippen LogP) is 3.32. The smallest absolute Gasteiger partial charge is 0.277 e. The van der Waals surface area contributed by atoms with E-state index in [9.17, 15) is 14.1 Å². The molecule has 1 aliphatic rings. The molecule has 0 bridgehead atoms. The number of piperidine rings is 1. The summed E-state index contributed by atoms with van der Waals surface area (Å²) in [6.45, 7) is 5.40. The monoisotopic (exact) mass is 509 g/mol. The van der Waals surface area contributed by atoms with Gasteiger partial charge in [-0.3, -0.25) is 9.00 Å². The summed E-state index contributed by atoms with van der Waals surface area (Å²) < 4.78 is 18.3. The summed E-state index contributed by atoms with van der Waals surface area (Å²) in [6, 6.07) is 12.1. The van der Waals surface area contributed by atoms with E-state index >= 15 is 0 Å². The molecule has 1 saturated heterocycles. The fourth-order valence-electron chi connectivity index (χ4n) is 3.90. The summed E-state index contributed by atoms with van der Waals surface area (Å²) >= 11 is 0. The Labute approximate surface area is 213 Å². The number of anilines is 2. The van der Waals surface area contributed by atoms with E-state index in [0.717, 1.165) is 31.5 Å². The van der Waals surface area contributed by atoms with Gasteiger partial charge in [0.05, 0.1) is 5.69 Å². The lowest BCUT2D eigenvalue weighted by atomic mass is 10.1. The van der Waals surface area contributed by atoms with Crippen LogP contribution in [0.25, 0.3) is 0 Å². The first-order valence-electron chi connectivity index (χ1n) is 11.8. The Morgan fingerprint density at radius 2 is 1.94 bits per heavy atom. The van der Waals surface area contributed by atoms with E-state index in [1.807, 2.05) is 13.0 Å². The number of hydrogen-bond donors (Lipinski definition) is 4. The zero-order valence-corrected chi connectivity index (χ0v) is 21.4. The topological polar surface area (TPSA) is 125 Å². The molecule has 1 amide bonds. The van der Waals surface area contributed by atoms with Crippen molar-refractivity contribution in [3.63, 3.8) is 0 Å². The van der Waals surface area contributed by atoms with Crippen LogP contribution in [0.2, 0.25) is 0 Å². The molecule has 0 radical (unpaired) electrons. The summed E-state index contributed by atoms with van der Waals surface area (Å²) in [7, 11) is -1.20. The second kappa shape index (κ2) is 11.6. The molecule has 190 valence electrons. The maximum atomic E-state index is 13.0. The number of amides is 1. The first-order valence-corrected chi connectivity index (χ1v) is 13.4. The maximum Gasteiger partial charge on any atom is 0.277 e. The Morgan fingerprint density at radius 1 is 1.17 bits per heavy atom.